The molecule has 5 heteroatoms. The van der Waals surface area contributed by atoms with Gasteiger partial charge in [0.2, 0.25) is 0 Å². The van der Waals surface area contributed by atoms with Gasteiger partial charge in [0, 0.05) is 43.5 Å². The molecule has 0 atom stereocenters. The molecule has 0 saturated carbocycles. The maximum Gasteiger partial charge on any atom is 0.254 e. The Kier molecular flexibility index (Phi) is 3.99. The van der Waals surface area contributed by atoms with Crippen molar-refractivity contribution in [3.05, 3.63) is 23.4 Å². The molecular formula is C15H24N4O. The van der Waals surface area contributed by atoms with Crippen LogP contribution < -0.4 is 5.32 Å². The lowest BCUT2D eigenvalue weighted by Crippen LogP contribution is -2.58. The van der Waals surface area contributed by atoms with Gasteiger partial charge in [0.1, 0.15) is 5.82 Å². The highest BCUT2D eigenvalue weighted by Gasteiger charge is 2.33. The molecule has 1 N–H and O–H groups in total. The van der Waals surface area contributed by atoms with E-state index in [2.05, 4.69) is 36.1 Å². The lowest BCUT2D eigenvalue weighted by Gasteiger charge is -2.45. The van der Waals surface area contributed by atoms with Crippen LogP contribution in [0.15, 0.2) is 12.1 Å². The molecule has 1 aromatic rings. The van der Waals surface area contributed by atoms with Crippen LogP contribution in [0.1, 0.15) is 29.9 Å². The van der Waals surface area contributed by atoms with Gasteiger partial charge in [-0.15, -0.1) is 0 Å². The molecule has 0 radical (unpaired) electrons. The number of hydrogen-bond acceptors (Lipinski definition) is 4. The summed E-state index contributed by atoms with van der Waals surface area (Å²) in [5.74, 6) is 0.829. The molecule has 0 aromatic carbocycles. The number of nitrogens with one attached hydrogen (secondary N) is 1. The van der Waals surface area contributed by atoms with Crippen LogP contribution in [0.2, 0.25) is 0 Å². The fourth-order valence-corrected chi connectivity index (χ4v) is 2.52. The van der Waals surface area contributed by atoms with Gasteiger partial charge in [-0.2, -0.15) is 0 Å². The van der Waals surface area contributed by atoms with Crippen molar-refractivity contribution in [3.8, 4) is 0 Å². The number of likely N-dealkylation sites (N-methyl/N-ethyl adjacent to an activating group) is 1. The molecule has 5 nitrogen and oxygen atoms in total. The number of nitrogens with zero attached hydrogens (tertiary/aromatic N) is 3. The fourth-order valence-electron chi connectivity index (χ4n) is 2.52. The Morgan fingerprint density at radius 1 is 1.35 bits per heavy atom. The van der Waals surface area contributed by atoms with E-state index in [0.717, 1.165) is 31.1 Å². The number of hydrogen-bond donors (Lipinski definition) is 1. The van der Waals surface area contributed by atoms with Crippen molar-refractivity contribution in [2.45, 2.75) is 26.3 Å². The van der Waals surface area contributed by atoms with Crippen LogP contribution in [0, 0.1) is 6.92 Å². The van der Waals surface area contributed by atoms with Crippen LogP contribution in [-0.4, -0.2) is 60.0 Å². The van der Waals surface area contributed by atoms with Crippen LogP contribution >= 0.6 is 0 Å². The van der Waals surface area contributed by atoms with Crippen LogP contribution in [0.25, 0.3) is 0 Å². The van der Waals surface area contributed by atoms with E-state index in [1.165, 1.54) is 0 Å². The van der Waals surface area contributed by atoms with Crippen molar-refractivity contribution in [2.24, 2.45) is 0 Å². The van der Waals surface area contributed by atoms with E-state index in [4.69, 9.17) is 0 Å². The van der Waals surface area contributed by atoms with Crippen LogP contribution in [-0.2, 0) is 0 Å². The van der Waals surface area contributed by atoms with Crippen LogP contribution in [0.4, 0.5) is 5.82 Å². The van der Waals surface area contributed by atoms with Gasteiger partial charge >= 0.3 is 0 Å². The number of carbonyl (C=O) groups excluding carboxylic acids is 1. The normalized spacial score (nSPS) is 18.9. The first-order chi connectivity index (χ1) is 9.33. The van der Waals surface area contributed by atoms with E-state index >= 15 is 0 Å². The first-order valence-corrected chi connectivity index (χ1v) is 7.00. The first kappa shape index (κ1) is 14.8. The average Bonchev–Trinajstić information content (AvgIpc) is 2.40. The van der Waals surface area contributed by atoms with E-state index < -0.39 is 0 Å². The number of amides is 1. The van der Waals surface area contributed by atoms with E-state index in [1.807, 2.05) is 31.0 Å². The van der Waals surface area contributed by atoms with Crippen molar-refractivity contribution < 1.29 is 4.79 Å². The zero-order valence-electron chi connectivity index (χ0n) is 13.0. The molecule has 20 heavy (non-hydrogen) atoms. The van der Waals surface area contributed by atoms with Crippen molar-refractivity contribution in [1.29, 1.82) is 0 Å². The van der Waals surface area contributed by atoms with Gasteiger partial charge in [0.05, 0.1) is 0 Å². The second kappa shape index (κ2) is 5.40. The monoisotopic (exact) mass is 276 g/mol. The summed E-state index contributed by atoms with van der Waals surface area (Å²) in [6.45, 7) is 8.67. The summed E-state index contributed by atoms with van der Waals surface area (Å²) >= 11 is 0. The predicted molar refractivity (Wildman–Crippen MR) is 81.1 cm³/mol. The quantitative estimate of drug-likeness (QED) is 0.891. The summed E-state index contributed by atoms with van der Waals surface area (Å²) in [6, 6.07) is 3.68. The van der Waals surface area contributed by atoms with Crippen LogP contribution in [0.5, 0.6) is 0 Å². The highest BCUT2D eigenvalue weighted by molar-refractivity contribution is 5.95. The molecular weight excluding hydrogens is 252 g/mol. The number of carbonyl (C=O) groups is 1. The molecule has 1 fully saturated rings. The van der Waals surface area contributed by atoms with Crippen molar-refractivity contribution in [1.82, 2.24) is 14.8 Å². The van der Waals surface area contributed by atoms with Gasteiger partial charge in [-0.3, -0.25) is 9.69 Å². The number of aromatic nitrogens is 1. The van der Waals surface area contributed by atoms with E-state index in [9.17, 15) is 4.79 Å². The highest BCUT2D eigenvalue weighted by atomic mass is 16.2. The maximum absolute atomic E-state index is 12.7. The third kappa shape index (κ3) is 2.93. The minimum atomic E-state index is 0.0157. The standard InChI is InChI=1S/C15H24N4O/c1-11-8-12(9-13(16-4)17-11)14(20)19-7-6-18(5)15(2,3)10-19/h8-9H,6-7,10H2,1-5H3,(H,16,17). The molecule has 0 spiro atoms. The Morgan fingerprint density at radius 3 is 2.65 bits per heavy atom. The predicted octanol–water partition coefficient (Wildman–Crippen LogP) is 1.60. The second-order valence-electron chi connectivity index (χ2n) is 6.09. The van der Waals surface area contributed by atoms with E-state index in [-0.39, 0.29) is 11.4 Å². The molecule has 1 aromatic heterocycles. The number of aryl methyl sites for hydroxylation is 1. The van der Waals surface area contributed by atoms with Gasteiger partial charge in [-0.25, -0.2) is 4.98 Å². The molecule has 0 unspecified atom stereocenters. The molecule has 1 saturated heterocycles. The molecule has 1 aliphatic rings. The Morgan fingerprint density at radius 2 is 2.05 bits per heavy atom. The van der Waals surface area contributed by atoms with Gasteiger partial charge in [0.15, 0.2) is 0 Å². The zero-order chi connectivity index (χ0) is 14.9. The number of piperazine rings is 1. The Balaban J connectivity index is 2.21. The highest BCUT2D eigenvalue weighted by Crippen LogP contribution is 2.21. The average molecular weight is 276 g/mol. The largest absolute Gasteiger partial charge is 0.373 e. The molecule has 1 amide bonds. The third-order valence-electron chi connectivity index (χ3n) is 4.06. The Labute approximate surface area is 121 Å². The molecule has 1 aliphatic heterocycles. The second-order valence-corrected chi connectivity index (χ2v) is 6.09. The van der Waals surface area contributed by atoms with E-state index in [1.54, 1.807) is 0 Å². The van der Waals surface area contributed by atoms with Crippen LogP contribution in [0.3, 0.4) is 0 Å². The third-order valence-corrected chi connectivity index (χ3v) is 4.06. The summed E-state index contributed by atoms with van der Waals surface area (Å²) in [6.07, 6.45) is 0. The maximum atomic E-state index is 12.7. The minimum absolute atomic E-state index is 0.0157. The topological polar surface area (TPSA) is 48.5 Å². The summed E-state index contributed by atoms with van der Waals surface area (Å²) < 4.78 is 0. The van der Waals surface area contributed by atoms with Crippen molar-refractivity contribution >= 4 is 11.7 Å². The SMILES string of the molecule is CNc1cc(C(=O)N2CCN(C)C(C)(C)C2)cc(C)n1. The first-order valence-electron chi connectivity index (χ1n) is 7.00. The lowest BCUT2D eigenvalue weighted by molar-refractivity contribution is 0.0311. The molecule has 2 heterocycles. The van der Waals surface area contributed by atoms with Crippen molar-refractivity contribution in [2.75, 3.05) is 39.0 Å². The summed E-state index contributed by atoms with van der Waals surface area (Å²) in [5.41, 5.74) is 1.58. The fraction of sp³-hybridized carbons (Fsp3) is 0.600. The van der Waals surface area contributed by atoms with Gasteiger partial charge in [-0.05, 0) is 40.0 Å². The molecule has 2 rings (SSSR count). The summed E-state index contributed by atoms with van der Waals surface area (Å²) in [4.78, 5) is 21.2. The Bertz CT molecular complexity index is 513. The number of rotatable bonds is 2. The molecule has 0 aliphatic carbocycles. The van der Waals surface area contributed by atoms with Gasteiger partial charge < -0.3 is 10.2 Å². The Hall–Kier alpha value is -1.62. The number of pyridine rings is 1. The molecule has 0 bridgehead atoms. The smallest absolute Gasteiger partial charge is 0.254 e. The summed E-state index contributed by atoms with van der Waals surface area (Å²) in [7, 11) is 3.92. The zero-order valence-corrected chi connectivity index (χ0v) is 13.0. The molecule has 110 valence electrons. The summed E-state index contributed by atoms with van der Waals surface area (Å²) in [5, 5.41) is 3.00. The minimum Gasteiger partial charge on any atom is -0.373 e. The lowest BCUT2D eigenvalue weighted by atomic mass is 9.99. The van der Waals surface area contributed by atoms with Gasteiger partial charge in [-0.1, -0.05) is 0 Å². The number of anilines is 1. The van der Waals surface area contributed by atoms with E-state index in [0.29, 0.717) is 5.56 Å². The van der Waals surface area contributed by atoms with Gasteiger partial charge in [0.25, 0.3) is 5.91 Å². The van der Waals surface area contributed by atoms with Crippen molar-refractivity contribution in [3.63, 3.8) is 0 Å².